The molecule has 1 unspecified atom stereocenters. The Morgan fingerprint density at radius 3 is 2.79 bits per heavy atom. The molecule has 7 nitrogen and oxygen atoms in total. The monoisotopic (exact) mass is 396 g/mol. The Kier molecular flexibility index (Phi) is 4.92. The Morgan fingerprint density at radius 1 is 1.31 bits per heavy atom. The first kappa shape index (κ1) is 18.9. The topological polar surface area (TPSA) is 80.4 Å². The number of anilines is 1. The van der Waals surface area contributed by atoms with Crippen molar-refractivity contribution in [3.63, 3.8) is 0 Å². The Balaban J connectivity index is 1.43. The van der Waals surface area contributed by atoms with E-state index in [-0.39, 0.29) is 18.2 Å². The van der Waals surface area contributed by atoms with Gasteiger partial charge in [0.1, 0.15) is 11.4 Å². The van der Waals surface area contributed by atoms with Gasteiger partial charge in [-0.05, 0) is 50.2 Å². The van der Waals surface area contributed by atoms with Crippen molar-refractivity contribution in [2.45, 2.75) is 26.8 Å². The molecule has 1 N–H and O–H groups in total. The van der Waals surface area contributed by atoms with E-state index in [2.05, 4.69) is 10.4 Å². The molecule has 0 radical (unpaired) electrons. The van der Waals surface area contributed by atoms with Crippen molar-refractivity contribution in [2.75, 3.05) is 11.9 Å². The highest BCUT2D eigenvalue weighted by atomic mass is 19.1. The Hall–Kier alpha value is -3.42. The second-order valence-electron chi connectivity index (χ2n) is 7.25. The number of aryl methyl sites for hydroxylation is 2. The molecule has 1 aromatic carbocycles. The van der Waals surface area contributed by atoms with Gasteiger partial charge in [-0.3, -0.25) is 9.59 Å². The van der Waals surface area contributed by atoms with Crippen LogP contribution in [0.25, 0.3) is 5.69 Å². The van der Waals surface area contributed by atoms with Crippen LogP contribution in [-0.4, -0.2) is 33.0 Å². The maximum atomic E-state index is 14.6. The van der Waals surface area contributed by atoms with Gasteiger partial charge in [0.25, 0.3) is 0 Å². The molecule has 0 aliphatic carbocycles. The van der Waals surface area contributed by atoms with E-state index in [1.54, 1.807) is 35.4 Å². The fraction of sp³-hybridized carbons (Fsp3) is 0.286. The van der Waals surface area contributed by atoms with Crippen molar-refractivity contribution in [3.8, 4) is 5.69 Å². The number of nitrogens with zero attached hydrogens (tertiary/aromatic N) is 3. The smallest absolute Gasteiger partial charge is 0.229 e. The van der Waals surface area contributed by atoms with Crippen LogP contribution >= 0.6 is 0 Å². The Labute approximate surface area is 167 Å². The third kappa shape index (κ3) is 3.91. The summed E-state index contributed by atoms with van der Waals surface area (Å²) in [5.41, 5.74) is 2.27. The predicted molar refractivity (Wildman–Crippen MR) is 104 cm³/mol. The van der Waals surface area contributed by atoms with Crippen LogP contribution in [0.3, 0.4) is 0 Å². The van der Waals surface area contributed by atoms with Crippen LogP contribution in [0, 0.1) is 25.6 Å². The molecule has 0 saturated carbocycles. The summed E-state index contributed by atoms with van der Waals surface area (Å²) in [5, 5.41) is 6.99. The lowest BCUT2D eigenvalue weighted by atomic mass is 10.1. The van der Waals surface area contributed by atoms with E-state index in [4.69, 9.17) is 4.42 Å². The van der Waals surface area contributed by atoms with Gasteiger partial charge in [0.2, 0.25) is 11.8 Å². The van der Waals surface area contributed by atoms with E-state index < -0.39 is 11.7 Å². The number of carbonyl (C=O) groups excluding carboxylic acids is 2. The molecule has 8 heteroatoms. The van der Waals surface area contributed by atoms with Crippen LogP contribution in [0.15, 0.2) is 47.1 Å². The minimum Gasteiger partial charge on any atom is -0.467 e. The molecule has 0 spiro atoms. The minimum absolute atomic E-state index is 0.104. The van der Waals surface area contributed by atoms with Gasteiger partial charge in [-0.15, -0.1) is 0 Å². The lowest BCUT2D eigenvalue weighted by Crippen LogP contribution is -2.28. The van der Waals surface area contributed by atoms with Gasteiger partial charge in [-0.25, -0.2) is 9.07 Å². The highest BCUT2D eigenvalue weighted by molar-refractivity contribution is 5.97. The van der Waals surface area contributed by atoms with E-state index in [1.807, 2.05) is 19.9 Å². The second-order valence-corrected chi connectivity index (χ2v) is 7.25. The first-order chi connectivity index (χ1) is 13.9. The fourth-order valence-electron chi connectivity index (χ4n) is 3.56. The highest BCUT2D eigenvalue weighted by Crippen LogP contribution is 2.24. The molecule has 29 heavy (non-hydrogen) atoms. The summed E-state index contributed by atoms with van der Waals surface area (Å²) in [4.78, 5) is 26.4. The van der Waals surface area contributed by atoms with E-state index in [1.165, 1.54) is 10.7 Å². The van der Waals surface area contributed by atoms with Gasteiger partial charge in [-0.2, -0.15) is 5.10 Å². The zero-order valence-electron chi connectivity index (χ0n) is 16.2. The number of benzene rings is 1. The number of furan rings is 1. The molecule has 3 heterocycles. The second kappa shape index (κ2) is 7.54. The molecule has 0 bridgehead atoms. The molecule has 2 amide bonds. The van der Waals surface area contributed by atoms with E-state index >= 15 is 0 Å². The maximum Gasteiger partial charge on any atom is 0.229 e. The number of likely N-dealkylation sites (tertiary alicyclic amines) is 1. The summed E-state index contributed by atoms with van der Waals surface area (Å²) >= 11 is 0. The maximum absolute atomic E-state index is 14.6. The van der Waals surface area contributed by atoms with E-state index in [0.717, 1.165) is 11.4 Å². The highest BCUT2D eigenvalue weighted by Gasteiger charge is 2.34. The van der Waals surface area contributed by atoms with Crippen molar-refractivity contribution in [1.82, 2.24) is 14.7 Å². The number of hydrogen-bond acceptors (Lipinski definition) is 4. The number of rotatable bonds is 5. The van der Waals surface area contributed by atoms with Crippen molar-refractivity contribution < 1.29 is 18.4 Å². The zero-order chi connectivity index (χ0) is 20.5. The van der Waals surface area contributed by atoms with Crippen LogP contribution < -0.4 is 5.32 Å². The number of carbonyl (C=O) groups is 2. The SMILES string of the molecule is Cc1cc(C)n(-c2ccc(NC(=O)C3CC(=O)N(Cc4ccco4)C3)cc2F)n1. The van der Waals surface area contributed by atoms with Crippen molar-refractivity contribution >= 4 is 17.5 Å². The first-order valence-electron chi connectivity index (χ1n) is 9.35. The third-order valence-corrected chi connectivity index (χ3v) is 4.97. The lowest BCUT2D eigenvalue weighted by Gasteiger charge is -2.15. The van der Waals surface area contributed by atoms with Gasteiger partial charge in [-0.1, -0.05) is 0 Å². The molecule has 1 fully saturated rings. The first-order valence-corrected chi connectivity index (χ1v) is 9.35. The largest absolute Gasteiger partial charge is 0.467 e. The van der Waals surface area contributed by atoms with Gasteiger partial charge in [0.15, 0.2) is 5.82 Å². The van der Waals surface area contributed by atoms with Gasteiger partial charge >= 0.3 is 0 Å². The molecule has 1 atom stereocenters. The molecule has 4 rings (SSSR count). The molecular formula is C21H21FN4O3. The van der Waals surface area contributed by atoms with Gasteiger partial charge in [0.05, 0.1) is 24.4 Å². The zero-order valence-corrected chi connectivity index (χ0v) is 16.2. The summed E-state index contributed by atoms with van der Waals surface area (Å²) in [5.74, 6) is -0.723. The molecule has 1 aliphatic rings. The van der Waals surface area contributed by atoms with Crippen LogP contribution in [0.2, 0.25) is 0 Å². The van der Waals surface area contributed by atoms with Gasteiger partial charge in [0, 0.05) is 24.3 Å². The number of hydrogen-bond donors (Lipinski definition) is 1. The van der Waals surface area contributed by atoms with Crippen molar-refractivity contribution in [2.24, 2.45) is 5.92 Å². The number of halogens is 1. The summed E-state index contributed by atoms with van der Waals surface area (Å²) in [7, 11) is 0. The quantitative estimate of drug-likeness (QED) is 0.718. The summed E-state index contributed by atoms with van der Waals surface area (Å²) in [6, 6.07) is 9.87. The minimum atomic E-state index is -0.490. The van der Waals surface area contributed by atoms with Crippen LogP contribution in [0.5, 0.6) is 0 Å². The van der Waals surface area contributed by atoms with Crippen LogP contribution in [-0.2, 0) is 16.1 Å². The predicted octanol–water partition coefficient (Wildman–Crippen LogP) is 3.21. The molecule has 2 aromatic heterocycles. The van der Waals surface area contributed by atoms with Crippen LogP contribution in [0.1, 0.15) is 23.6 Å². The Bertz CT molecular complexity index is 1060. The fourth-order valence-corrected chi connectivity index (χ4v) is 3.56. The molecule has 3 aromatic rings. The van der Waals surface area contributed by atoms with Gasteiger partial charge < -0.3 is 14.6 Å². The molecule has 1 aliphatic heterocycles. The van der Waals surface area contributed by atoms with Crippen LogP contribution in [0.4, 0.5) is 10.1 Å². The summed E-state index contributed by atoms with van der Waals surface area (Å²) < 4.78 is 21.4. The molecule has 1 saturated heterocycles. The molecule has 150 valence electrons. The lowest BCUT2D eigenvalue weighted by molar-refractivity contribution is -0.128. The number of aromatic nitrogens is 2. The summed E-state index contributed by atoms with van der Waals surface area (Å²) in [6.07, 6.45) is 1.67. The van der Waals surface area contributed by atoms with E-state index in [9.17, 15) is 14.0 Å². The van der Waals surface area contributed by atoms with Crippen molar-refractivity contribution in [1.29, 1.82) is 0 Å². The average molecular weight is 396 g/mol. The average Bonchev–Trinajstić information content (AvgIpc) is 3.38. The Morgan fingerprint density at radius 2 is 2.14 bits per heavy atom. The van der Waals surface area contributed by atoms with E-state index in [0.29, 0.717) is 30.2 Å². The third-order valence-electron chi connectivity index (χ3n) is 4.97. The summed E-state index contributed by atoms with van der Waals surface area (Å²) in [6.45, 7) is 4.33. The standard InChI is InChI=1S/C21H21FN4O3/c1-13-8-14(2)26(24-13)19-6-5-16(10-18(19)22)23-21(28)15-9-20(27)25(11-15)12-17-4-3-7-29-17/h3-8,10,15H,9,11-12H2,1-2H3,(H,23,28). The number of amides is 2. The number of nitrogens with one attached hydrogen (secondary N) is 1. The van der Waals surface area contributed by atoms with Crippen molar-refractivity contribution in [3.05, 3.63) is 65.6 Å². The molecular weight excluding hydrogens is 375 g/mol. The normalized spacial score (nSPS) is 16.4.